The van der Waals surface area contributed by atoms with Crippen molar-refractivity contribution in [3.63, 3.8) is 0 Å². The van der Waals surface area contributed by atoms with E-state index in [9.17, 15) is 5.11 Å². The molecule has 0 heterocycles. The van der Waals surface area contributed by atoms with Gasteiger partial charge in [0.05, 0.1) is 5.69 Å². The van der Waals surface area contributed by atoms with Gasteiger partial charge in [-0.3, -0.25) is 0 Å². The molecule has 0 radical (unpaired) electrons. The lowest BCUT2D eigenvalue weighted by Gasteiger charge is -2.01. The Morgan fingerprint density at radius 3 is 2.05 bits per heavy atom. The molecule has 0 aromatic heterocycles. The van der Waals surface area contributed by atoms with Gasteiger partial charge < -0.3 is 5.11 Å². The molecule has 0 saturated heterocycles. The summed E-state index contributed by atoms with van der Waals surface area (Å²) < 4.78 is 0. The highest BCUT2D eigenvalue weighted by atomic mass is 16.3. The van der Waals surface area contributed by atoms with E-state index in [0.29, 0.717) is 5.69 Å². The minimum absolute atomic E-state index is 0.137. The largest absolute Gasteiger partial charge is 0.506 e. The van der Waals surface area contributed by atoms with Gasteiger partial charge in [0.2, 0.25) is 0 Å². The summed E-state index contributed by atoms with van der Waals surface area (Å²) in [7, 11) is 0. The second kappa shape index (κ2) is 4.90. The Kier molecular flexibility index (Phi) is 2.94. The first-order valence-corrected chi connectivity index (χ1v) is 6.01. The van der Waals surface area contributed by atoms with Crippen LogP contribution in [0.3, 0.4) is 0 Å². The topological polar surface area (TPSA) is 45.0 Å². The molecule has 3 heteroatoms. The Labute approximate surface area is 110 Å². The molecule has 0 aliphatic rings. The maximum absolute atomic E-state index is 9.93. The Hall–Kier alpha value is -2.68. The van der Waals surface area contributed by atoms with E-state index in [1.807, 2.05) is 60.7 Å². The van der Waals surface area contributed by atoms with Crippen LogP contribution in [0.1, 0.15) is 0 Å². The fourth-order valence-electron chi connectivity index (χ4n) is 1.90. The van der Waals surface area contributed by atoms with E-state index >= 15 is 0 Å². The van der Waals surface area contributed by atoms with Crippen LogP contribution in [-0.2, 0) is 0 Å². The third kappa shape index (κ3) is 2.45. The molecule has 3 rings (SSSR count). The van der Waals surface area contributed by atoms with Crippen molar-refractivity contribution in [1.82, 2.24) is 0 Å². The van der Waals surface area contributed by atoms with Crippen LogP contribution in [0.5, 0.6) is 5.75 Å². The van der Waals surface area contributed by atoms with E-state index in [-0.39, 0.29) is 5.75 Å². The Balaban J connectivity index is 2.01. The lowest BCUT2D eigenvalue weighted by atomic mass is 10.1. The number of aromatic hydroxyl groups is 1. The molecule has 19 heavy (non-hydrogen) atoms. The van der Waals surface area contributed by atoms with Crippen LogP contribution >= 0.6 is 0 Å². The number of benzene rings is 3. The van der Waals surface area contributed by atoms with Gasteiger partial charge in [-0.05, 0) is 35.0 Å². The van der Waals surface area contributed by atoms with E-state index in [0.717, 1.165) is 16.5 Å². The predicted octanol–water partition coefficient (Wildman–Crippen LogP) is 4.96. The quantitative estimate of drug-likeness (QED) is 0.640. The first-order chi connectivity index (χ1) is 9.33. The maximum atomic E-state index is 9.93. The third-order valence-electron chi connectivity index (χ3n) is 2.87. The number of hydrogen-bond donors (Lipinski definition) is 1. The van der Waals surface area contributed by atoms with Crippen LogP contribution in [0.4, 0.5) is 11.4 Å². The lowest BCUT2D eigenvalue weighted by molar-refractivity contribution is 0.477. The molecule has 3 aromatic rings. The van der Waals surface area contributed by atoms with Crippen molar-refractivity contribution >= 4 is 22.1 Å². The molecule has 0 amide bonds. The minimum atomic E-state index is 0.137. The normalized spacial score (nSPS) is 11.2. The van der Waals surface area contributed by atoms with Gasteiger partial charge in [0.25, 0.3) is 0 Å². The summed E-state index contributed by atoms with van der Waals surface area (Å²) >= 11 is 0. The Morgan fingerprint density at radius 2 is 1.32 bits per heavy atom. The molecule has 0 unspecified atom stereocenters. The SMILES string of the molecule is Oc1cc2ccccc2cc1/N=N/c1ccccc1. The molecule has 3 nitrogen and oxygen atoms in total. The number of phenols is 1. The summed E-state index contributed by atoms with van der Waals surface area (Å²) in [6.07, 6.45) is 0. The zero-order chi connectivity index (χ0) is 13.1. The van der Waals surface area contributed by atoms with Crippen molar-refractivity contribution in [2.45, 2.75) is 0 Å². The average molecular weight is 248 g/mol. The molecule has 0 spiro atoms. The van der Waals surface area contributed by atoms with Crippen molar-refractivity contribution in [2.75, 3.05) is 0 Å². The Bertz CT molecular complexity index is 736. The number of hydrogen-bond acceptors (Lipinski definition) is 3. The summed E-state index contributed by atoms with van der Waals surface area (Å²) in [4.78, 5) is 0. The second-order valence-corrected chi connectivity index (χ2v) is 4.22. The fourth-order valence-corrected chi connectivity index (χ4v) is 1.90. The maximum Gasteiger partial charge on any atom is 0.143 e. The summed E-state index contributed by atoms with van der Waals surface area (Å²) in [5, 5.41) is 20.2. The molecule has 0 atom stereocenters. The number of nitrogens with zero attached hydrogens (tertiary/aromatic N) is 2. The molecule has 3 aromatic carbocycles. The zero-order valence-corrected chi connectivity index (χ0v) is 10.2. The van der Waals surface area contributed by atoms with E-state index in [2.05, 4.69) is 10.2 Å². The van der Waals surface area contributed by atoms with E-state index in [4.69, 9.17) is 0 Å². The van der Waals surface area contributed by atoms with Gasteiger partial charge in [-0.25, -0.2) is 0 Å². The highest BCUT2D eigenvalue weighted by molar-refractivity contribution is 5.87. The zero-order valence-electron chi connectivity index (χ0n) is 10.2. The van der Waals surface area contributed by atoms with E-state index < -0.39 is 0 Å². The molecule has 0 aliphatic carbocycles. The summed E-state index contributed by atoms with van der Waals surface area (Å²) in [6, 6.07) is 20.8. The van der Waals surface area contributed by atoms with E-state index in [1.54, 1.807) is 6.07 Å². The van der Waals surface area contributed by atoms with E-state index in [1.165, 1.54) is 0 Å². The van der Waals surface area contributed by atoms with Gasteiger partial charge in [-0.15, -0.1) is 5.11 Å². The smallest absolute Gasteiger partial charge is 0.143 e. The summed E-state index contributed by atoms with van der Waals surface area (Å²) in [5.74, 6) is 0.137. The third-order valence-corrected chi connectivity index (χ3v) is 2.87. The van der Waals surface area contributed by atoms with Crippen molar-refractivity contribution in [3.8, 4) is 5.75 Å². The first kappa shape index (κ1) is 11.4. The minimum Gasteiger partial charge on any atom is -0.506 e. The van der Waals surface area contributed by atoms with Gasteiger partial charge in [-0.2, -0.15) is 5.11 Å². The number of azo groups is 1. The second-order valence-electron chi connectivity index (χ2n) is 4.22. The molecule has 1 N–H and O–H groups in total. The number of rotatable bonds is 2. The lowest BCUT2D eigenvalue weighted by Crippen LogP contribution is -1.73. The molecular formula is C16H12N2O. The van der Waals surface area contributed by atoms with Crippen LogP contribution in [0.2, 0.25) is 0 Å². The fraction of sp³-hybridized carbons (Fsp3) is 0. The average Bonchev–Trinajstić information content (AvgIpc) is 2.46. The van der Waals surface area contributed by atoms with Gasteiger partial charge in [0.1, 0.15) is 11.4 Å². The van der Waals surface area contributed by atoms with Crippen molar-refractivity contribution < 1.29 is 5.11 Å². The van der Waals surface area contributed by atoms with Gasteiger partial charge >= 0.3 is 0 Å². The van der Waals surface area contributed by atoms with Gasteiger partial charge in [0, 0.05) is 0 Å². The van der Waals surface area contributed by atoms with Gasteiger partial charge in [-0.1, -0.05) is 42.5 Å². The number of phenolic OH excluding ortho intramolecular Hbond substituents is 1. The summed E-state index contributed by atoms with van der Waals surface area (Å²) in [6.45, 7) is 0. The molecule has 92 valence electrons. The highest BCUT2D eigenvalue weighted by Gasteiger charge is 2.02. The highest BCUT2D eigenvalue weighted by Crippen LogP contribution is 2.32. The van der Waals surface area contributed by atoms with Crippen LogP contribution in [-0.4, -0.2) is 5.11 Å². The van der Waals surface area contributed by atoms with Crippen molar-refractivity contribution in [3.05, 3.63) is 66.7 Å². The Morgan fingerprint density at radius 1 is 0.684 bits per heavy atom. The summed E-state index contributed by atoms with van der Waals surface area (Å²) in [5.41, 5.74) is 1.23. The standard InChI is InChI=1S/C16H12N2O/c19-16-11-13-7-5-4-6-12(13)10-15(16)18-17-14-8-2-1-3-9-14/h1-11,19H/b18-17+. The monoisotopic (exact) mass is 248 g/mol. The van der Waals surface area contributed by atoms with Crippen LogP contribution < -0.4 is 0 Å². The molecule has 0 fully saturated rings. The first-order valence-electron chi connectivity index (χ1n) is 6.01. The van der Waals surface area contributed by atoms with Gasteiger partial charge in [0.15, 0.2) is 0 Å². The van der Waals surface area contributed by atoms with Crippen LogP contribution in [0, 0.1) is 0 Å². The van der Waals surface area contributed by atoms with Crippen LogP contribution in [0.15, 0.2) is 77.0 Å². The molecule has 0 aliphatic heterocycles. The van der Waals surface area contributed by atoms with Crippen molar-refractivity contribution in [2.24, 2.45) is 10.2 Å². The predicted molar refractivity (Wildman–Crippen MR) is 76.2 cm³/mol. The van der Waals surface area contributed by atoms with Crippen molar-refractivity contribution in [1.29, 1.82) is 0 Å². The molecule has 0 saturated carbocycles. The molecule has 0 bridgehead atoms. The number of fused-ring (bicyclic) bond motifs is 1. The molecular weight excluding hydrogens is 236 g/mol. The van der Waals surface area contributed by atoms with Crippen LogP contribution in [0.25, 0.3) is 10.8 Å².